The lowest BCUT2D eigenvalue weighted by Gasteiger charge is -2.24. The van der Waals surface area contributed by atoms with Gasteiger partial charge in [0, 0.05) is 53.9 Å². The zero-order valence-corrected chi connectivity index (χ0v) is 26.4. The molecule has 1 aliphatic rings. The van der Waals surface area contributed by atoms with Crippen molar-refractivity contribution in [1.82, 2.24) is 14.8 Å². The Morgan fingerprint density at radius 2 is 1.82 bits per heavy atom. The number of amides is 2. The Morgan fingerprint density at radius 3 is 2.47 bits per heavy atom. The van der Waals surface area contributed by atoms with Gasteiger partial charge in [0.25, 0.3) is 6.08 Å². The highest BCUT2D eigenvalue weighted by Crippen LogP contribution is 2.48. The summed E-state index contributed by atoms with van der Waals surface area (Å²) < 4.78 is 72.1. The van der Waals surface area contributed by atoms with Gasteiger partial charge in [0.05, 0.1) is 23.8 Å². The van der Waals surface area contributed by atoms with E-state index in [1.54, 1.807) is 26.0 Å². The van der Waals surface area contributed by atoms with E-state index in [1.807, 2.05) is 0 Å². The number of benzene rings is 2. The second kappa shape index (κ2) is 14.6. The number of fused-ring (bicyclic) bond motifs is 1. The monoisotopic (exact) mass is 669 g/mol. The summed E-state index contributed by atoms with van der Waals surface area (Å²) in [6, 6.07) is 7.69. The molecule has 3 aromatic rings. The van der Waals surface area contributed by atoms with E-state index in [9.17, 15) is 32.1 Å². The fraction of sp³-hybridized carbons (Fsp3) is 0.367. The number of nitrogens with one attached hydrogen (secondary N) is 1. The Balaban J connectivity index is 1.58. The number of rotatable bonds is 13. The molecule has 0 aliphatic carbocycles. The second-order valence-electron chi connectivity index (χ2n) is 10.2. The molecule has 1 aromatic heterocycles. The average molecular weight is 670 g/mol. The summed E-state index contributed by atoms with van der Waals surface area (Å²) in [5, 5.41) is 2.86. The van der Waals surface area contributed by atoms with Crippen LogP contribution in [0.3, 0.4) is 0 Å². The summed E-state index contributed by atoms with van der Waals surface area (Å²) in [6.45, 7) is 3.81. The third-order valence-corrected chi connectivity index (χ3v) is 9.17. The molecule has 45 heavy (non-hydrogen) atoms. The first kappa shape index (κ1) is 34.2. The van der Waals surface area contributed by atoms with Gasteiger partial charge in [-0.1, -0.05) is 23.7 Å². The molecular formula is C30H32ClF3N3O7P. The predicted octanol–water partition coefficient (Wildman–Crippen LogP) is 6.31. The summed E-state index contributed by atoms with van der Waals surface area (Å²) in [6.07, 6.45) is -1.32. The lowest BCUT2D eigenvalue weighted by atomic mass is 10.1. The van der Waals surface area contributed by atoms with Crippen LogP contribution in [-0.4, -0.2) is 59.2 Å². The van der Waals surface area contributed by atoms with Gasteiger partial charge in [-0.3, -0.25) is 18.9 Å². The van der Waals surface area contributed by atoms with Crippen LogP contribution in [0, 0.1) is 5.82 Å². The van der Waals surface area contributed by atoms with Crippen LogP contribution in [0.4, 0.5) is 13.2 Å². The standard InChI is InChI=1S/C30H32ClF3N3O7P/c1-4-43-45(41,44-5-2)17-42-21-9-10-22-23(18(3)38)15-36(25(22)12-21)16-27(39)37-14-20(29(33)34)11-26(37)30(40)35-13-19-7-6-8-24(31)28(19)32/h6-10,12,15,26H,4-5,11,13-14,16-17H2,1-3H3,(H,35,40)/t26-/m0/s1. The van der Waals surface area contributed by atoms with Gasteiger partial charge in [0.2, 0.25) is 11.8 Å². The van der Waals surface area contributed by atoms with Gasteiger partial charge in [-0.25, -0.2) is 4.39 Å². The zero-order valence-electron chi connectivity index (χ0n) is 24.8. The highest BCUT2D eigenvalue weighted by atomic mass is 35.5. The van der Waals surface area contributed by atoms with Crippen molar-refractivity contribution in [3.05, 3.63) is 76.2 Å². The molecule has 2 aromatic carbocycles. The molecule has 1 aliphatic heterocycles. The third-order valence-electron chi connectivity index (χ3n) is 7.13. The van der Waals surface area contributed by atoms with E-state index >= 15 is 0 Å². The number of nitrogens with zero attached hydrogens (tertiary/aromatic N) is 2. The number of carbonyl (C=O) groups is 3. The van der Waals surface area contributed by atoms with Gasteiger partial charge < -0.3 is 28.6 Å². The summed E-state index contributed by atoms with van der Waals surface area (Å²) in [7, 11) is -3.54. The summed E-state index contributed by atoms with van der Waals surface area (Å²) in [5.74, 6) is -2.17. The first-order chi connectivity index (χ1) is 21.4. The minimum Gasteiger partial charge on any atom is -0.481 e. The Bertz CT molecular complexity index is 1680. The predicted molar refractivity (Wildman–Crippen MR) is 161 cm³/mol. The minimum atomic E-state index is -3.54. The normalized spacial score (nSPS) is 15.0. The Morgan fingerprint density at radius 1 is 1.11 bits per heavy atom. The Labute approximate surface area is 262 Å². The zero-order chi connectivity index (χ0) is 32.9. The van der Waals surface area contributed by atoms with Crippen LogP contribution in [0.5, 0.6) is 5.75 Å². The Hall–Kier alpha value is -3.64. The first-order valence-corrected chi connectivity index (χ1v) is 16.2. The summed E-state index contributed by atoms with van der Waals surface area (Å²) >= 11 is 5.80. The number of aromatic nitrogens is 1. The largest absolute Gasteiger partial charge is 0.481 e. The quantitative estimate of drug-likeness (QED) is 0.168. The molecule has 0 saturated carbocycles. The molecule has 1 N–H and O–H groups in total. The number of ether oxygens (including phenoxy) is 1. The maximum absolute atomic E-state index is 14.3. The number of Topliss-reactive ketones (excluding diaryl/α,β-unsaturated/α-hetero) is 1. The van der Waals surface area contributed by atoms with Gasteiger partial charge in [0.15, 0.2) is 12.1 Å². The number of likely N-dealkylation sites (tertiary alicyclic amines) is 1. The van der Waals surface area contributed by atoms with Crippen LogP contribution in [-0.2, 0) is 36.3 Å². The fourth-order valence-corrected chi connectivity index (χ4v) is 6.52. The van der Waals surface area contributed by atoms with E-state index in [2.05, 4.69) is 5.32 Å². The number of hydrogen-bond donors (Lipinski definition) is 1. The van der Waals surface area contributed by atoms with Gasteiger partial charge in [0.1, 0.15) is 24.2 Å². The molecule has 1 saturated heterocycles. The molecule has 4 rings (SSSR count). The lowest BCUT2D eigenvalue weighted by Crippen LogP contribution is -2.46. The van der Waals surface area contributed by atoms with E-state index in [4.69, 9.17) is 25.4 Å². The molecule has 1 fully saturated rings. The molecule has 10 nitrogen and oxygen atoms in total. The highest BCUT2D eigenvalue weighted by molar-refractivity contribution is 7.53. The van der Waals surface area contributed by atoms with Gasteiger partial charge in [-0.05, 0) is 39.0 Å². The van der Waals surface area contributed by atoms with Crippen molar-refractivity contribution in [3.63, 3.8) is 0 Å². The van der Waals surface area contributed by atoms with E-state index < -0.39 is 56.9 Å². The summed E-state index contributed by atoms with van der Waals surface area (Å²) in [5.41, 5.74) is 0.417. The smallest absolute Gasteiger partial charge is 0.367 e. The van der Waals surface area contributed by atoms with Crippen LogP contribution in [0.2, 0.25) is 5.02 Å². The minimum absolute atomic E-state index is 0.0895. The molecule has 15 heteroatoms. The van der Waals surface area contributed by atoms with Crippen LogP contribution in [0.1, 0.15) is 43.1 Å². The number of carbonyl (C=O) groups excluding carboxylic acids is 3. The van der Waals surface area contributed by atoms with Crippen molar-refractivity contribution < 1.29 is 45.9 Å². The van der Waals surface area contributed by atoms with E-state index in [0.29, 0.717) is 16.5 Å². The molecule has 2 amide bonds. The maximum Gasteiger partial charge on any atom is 0.367 e. The first-order valence-electron chi connectivity index (χ1n) is 14.0. The van der Waals surface area contributed by atoms with E-state index in [-0.39, 0.29) is 53.8 Å². The number of ketones is 1. The maximum atomic E-state index is 14.3. The molecule has 242 valence electrons. The average Bonchev–Trinajstić information content (AvgIpc) is 3.60. The van der Waals surface area contributed by atoms with Crippen molar-refractivity contribution >= 4 is 47.7 Å². The topological polar surface area (TPSA) is 116 Å². The van der Waals surface area contributed by atoms with Crippen LogP contribution >= 0.6 is 19.2 Å². The van der Waals surface area contributed by atoms with Crippen LogP contribution in [0.15, 0.2) is 54.2 Å². The van der Waals surface area contributed by atoms with Crippen molar-refractivity contribution in [1.29, 1.82) is 0 Å². The number of halogens is 4. The fourth-order valence-electron chi connectivity index (χ4n) is 5.01. The molecule has 0 bridgehead atoms. The van der Waals surface area contributed by atoms with Gasteiger partial charge >= 0.3 is 7.60 Å². The van der Waals surface area contributed by atoms with E-state index in [0.717, 1.165) is 4.90 Å². The van der Waals surface area contributed by atoms with Crippen molar-refractivity contribution in [2.45, 2.75) is 46.3 Å². The molecule has 1 atom stereocenters. The van der Waals surface area contributed by atoms with Crippen molar-refractivity contribution in [2.24, 2.45) is 0 Å². The molecule has 2 heterocycles. The highest BCUT2D eigenvalue weighted by Gasteiger charge is 2.38. The SMILES string of the molecule is CCOP(=O)(COc1ccc2c(C(C)=O)cn(CC(=O)N3CC(=C(F)F)C[C@H]3C(=O)NCc3cccc(Cl)c3F)c2c1)OCC. The number of hydrogen-bond acceptors (Lipinski definition) is 7. The van der Waals surface area contributed by atoms with E-state index in [1.165, 1.54) is 42.0 Å². The molecule has 0 unspecified atom stereocenters. The third kappa shape index (κ3) is 7.96. The van der Waals surface area contributed by atoms with Gasteiger partial charge in [-0.15, -0.1) is 0 Å². The molecule has 0 spiro atoms. The van der Waals surface area contributed by atoms with Crippen molar-refractivity contribution in [2.75, 3.05) is 26.1 Å². The second-order valence-corrected chi connectivity index (χ2v) is 12.6. The van der Waals surface area contributed by atoms with Crippen LogP contribution in [0.25, 0.3) is 10.9 Å². The van der Waals surface area contributed by atoms with Crippen LogP contribution < -0.4 is 10.1 Å². The molecular weight excluding hydrogens is 638 g/mol. The lowest BCUT2D eigenvalue weighted by molar-refractivity contribution is -0.138. The summed E-state index contributed by atoms with van der Waals surface area (Å²) in [4.78, 5) is 40.1. The van der Waals surface area contributed by atoms with Crippen molar-refractivity contribution in [3.8, 4) is 5.75 Å². The molecule has 0 radical (unpaired) electrons. The Kier molecular flexibility index (Phi) is 11.1. The van der Waals surface area contributed by atoms with Gasteiger partial charge in [-0.2, -0.15) is 8.78 Å².